The normalized spacial score (nSPS) is 13.9. The number of benzene rings is 2. The minimum atomic E-state index is -0.188. The van der Waals surface area contributed by atoms with Gasteiger partial charge >= 0.3 is 0 Å². The number of rotatable bonds is 4. The molecule has 1 heterocycles. The molecule has 0 bridgehead atoms. The first-order valence-electron chi connectivity index (χ1n) is 7.16. The van der Waals surface area contributed by atoms with Crippen LogP contribution in [-0.4, -0.2) is 19.6 Å². The number of nitrogens with zero attached hydrogens (tertiary/aromatic N) is 1. The lowest BCUT2D eigenvalue weighted by Gasteiger charge is -2.31. The van der Waals surface area contributed by atoms with Gasteiger partial charge in [0, 0.05) is 25.3 Å². The Morgan fingerprint density at radius 3 is 2.75 bits per heavy atom. The molecule has 3 rings (SSSR count). The predicted molar refractivity (Wildman–Crippen MR) is 81.9 cm³/mol. The summed E-state index contributed by atoms with van der Waals surface area (Å²) in [7, 11) is 0. The van der Waals surface area contributed by atoms with Crippen LogP contribution in [0.4, 0.5) is 15.8 Å². The molecule has 104 valence electrons. The van der Waals surface area contributed by atoms with Crippen molar-refractivity contribution in [1.82, 2.24) is 0 Å². The molecule has 2 aromatic rings. The highest BCUT2D eigenvalue weighted by Gasteiger charge is 2.15. The van der Waals surface area contributed by atoms with Crippen LogP contribution in [0, 0.1) is 5.82 Å². The van der Waals surface area contributed by atoms with E-state index in [1.165, 1.54) is 23.7 Å². The molecule has 2 aromatic carbocycles. The van der Waals surface area contributed by atoms with Crippen molar-refractivity contribution in [1.29, 1.82) is 0 Å². The Labute approximate surface area is 119 Å². The fourth-order valence-corrected chi connectivity index (χ4v) is 2.77. The van der Waals surface area contributed by atoms with E-state index in [1.807, 2.05) is 6.07 Å². The number of hydrogen-bond donors (Lipinski definition) is 1. The minimum absolute atomic E-state index is 0.188. The van der Waals surface area contributed by atoms with Crippen molar-refractivity contribution < 1.29 is 4.39 Å². The summed E-state index contributed by atoms with van der Waals surface area (Å²) in [6, 6.07) is 15.4. The average Bonchev–Trinajstić information content (AvgIpc) is 2.49. The lowest BCUT2D eigenvalue weighted by molar-refractivity contribution is 0.629. The van der Waals surface area contributed by atoms with E-state index in [0.717, 1.165) is 26.1 Å². The molecule has 1 aliphatic heterocycles. The van der Waals surface area contributed by atoms with E-state index >= 15 is 0 Å². The average molecular weight is 270 g/mol. The second kappa shape index (κ2) is 5.95. The lowest BCUT2D eigenvalue weighted by Crippen LogP contribution is -2.33. The van der Waals surface area contributed by atoms with Gasteiger partial charge in [-0.3, -0.25) is 0 Å². The van der Waals surface area contributed by atoms with Gasteiger partial charge in [0.2, 0.25) is 0 Å². The molecule has 0 aromatic heterocycles. The van der Waals surface area contributed by atoms with Crippen LogP contribution in [0.25, 0.3) is 0 Å². The van der Waals surface area contributed by atoms with E-state index in [2.05, 4.69) is 34.5 Å². The maximum Gasteiger partial charge on any atom is 0.146 e. The van der Waals surface area contributed by atoms with E-state index in [0.29, 0.717) is 5.69 Å². The molecule has 1 N–H and O–H groups in total. The SMILES string of the molecule is Fc1ccccc1NCCN1CCCc2ccccc21. The molecule has 1 aliphatic rings. The summed E-state index contributed by atoms with van der Waals surface area (Å²) in [5, 5.41) is 3.17. The van der Waals surface area contributed by atoms with E-state index in [-0.39, 0.29) is 5.82 Å². The molecule has 20 heavy (non-hydrogen) atoms. The summed E-state index contributed by atoms with van der Waals surface area (Å²) in [6.45, 7) is 2.72. The quantitative estimate of drug-likeness (QED) is 0.911. The number of aryl methyl sites for hydroxylation is 1. The highest BCUT2D eigenvalue weighted by molar-refractivity contribution is 5.55. The van der Waals surface area contributed by atoms with Gasteiger partial charge in [0.05, 0.1) is 5.69 Å². The predicted octanol–water partition coefficient (Wildman–Crippen LogP) is 3.69. The fraction of sp³-hybridized carbons (Fsp3) is 0.294. The Morgan fingerprint density at radius 2 is 1.85 bits per heavy atom. The molecule has 0 atom stereocenters. The summed E-state index contributed by atoms with van der Waals surface area (Å²) in [5.41, 5.74) is 3.33. The smallest absolute Gasteiger partial charge is 0.146 e. The van der Waals surface area contributed by atoms with Gasteiger partial charge in [-0.25, -0.2) is 4.39 Å². The molecule has 0 spiro atoms. The number of hydrogen-bond acceptors (Lipinski definition) is 2. The number of para-hydroxylation sites is 2. The van der Waals surface area contributed by atoms with Crippen LogP contribution >= 0.6 is 0 Å². The Balaban J connectivity index is 1.61. The second-order valence-electron chi connectivity index (χ2n) is 5.13. The number of fused-ring (bicyclic) bond motifs is 1. The summed E-state index contributed by atoms with van der Waals surface area (Å²) >= 11 is 0. The Morgan fingerprint density at radius 1 is 1.05 bits per heavy atom. The number of nitrogens with one attached hydrogen (secondary N) is 1. The van der Waals surface area contributed by atoms with Crippen LogP contribution in [0.3, 0.4) is 0 Å². The molecule has 0 amide bonds. The zero-order valence-corrected chi connectivity index (χ0v) is 11.5. The monoisotopic (exact) mass is 270 g/mol. The van der Waals surface area contributed by atoms with Crippen molar-refractivity contribution in [3.63, 3.8) is 0 Å². The largest absolute Gasteiger partial charge is 0.381 e. The van der Waals surface area contributed by atoms with Gasteiger partial charge < -0.3 is 10.2 Å². The maximum atomic E-state index is 13.5. The third-order valence-electron chi connectivity index (χ3n) is 3.78. The van der Waals surface area contributed by atoms with Gasteiger partial charge in [-0.1, -0.05) is 30.3 Å². The Bertz CT molecular complexity index is 583. The molecule has 0 radical (unpaired) electrons. The Kier molecular flexibility index (Phi) is 3.86. The zero-order valence-electron chi connectivity index (χ0n) is 11.5. The van der Waals surface area contributed by atoms with Gasteiger partial charge in [-0.15, -0.1) is 0 Å². The second-order valence-corrected chi connectivity index (χ2v) is 5.13. The molecule has 0 unspecified atom stereocenters. The van der Waals surface area contributed by atoms with Gasteiger partial charge in [-0.05, 0) is 36.6 Å². The van der Waals surface area contributed by atoms with Gasteiger partial charge in [-0.2, -0.15) is 0 Å². The molecule has 0 saturated carbocycles. The van der Waals surface area contributed by atoms with E-state index in [9.17, 15) is 4.39 Å². The molecule has 2 nitrogen and oxygen atoms in total. The first kappa shape index (κ1) is 13.0. The van der Waals surface area contributed by atoms with Crippen LogP contribution in [0.1, 0.15) is 12.0 Å². The number of halogens is 1. The van der Waals surface area contributed by atoms with Crippen LogP contribution in [0.15, 0.2) is 48.5 Å². The van der Waals surface area contributed by atoms with E-state index in [4.69, 9.17) is 0 Å². The highest BCUT2D eigenvalue weighted by Crippen LogP contribution is 2.26. The molecule has 3 heteroatoms. The van der Waals surface area contributed by atoms with Crippen molar-refractivity contribution in [3.8, 4) is 0 Å². The van der Waals surface area contributed by atoms with Crippen molar-refractivity contribution in [2.24, 2.45) is 0 Å². The summed E-state index contributed by atoms with van der Waals surface area (Å²) < 4.78 is 13.5. The first-order chi connectivity index (χ1) is 9.84. The third kappa shape index (κ3) is 2.77. The van der Waals surface area contributed by atoms with Crippen LogP contribution in [0.2, 0.25) is 0 Å². The summed E-state index contributed by atoms with van der Waals surface area (Å²) in [5.74, 6) is -0.188. The lowest BCUT2D eigenvalue weighted by atomic mass is 10.0. The molecular formula is C17H19FN2. The van der Waals surface area contributed by atoms with Crippen LogP contribution in [-0.2, 0) is 6.42 Å². The van der Waals surface area contributed by atoms with Gasteiger partial charge in [0.15, 0.2) is 0 Å². The molecular weight excluding hydrogens is 251 g/mol. The van der Waals surface area contributed by atoms with Gasteiger partial charge in [0.25, 0.3) is 0 Å². The van der Waals surface area contributed by atoms with Gasteiger partial charge in [0.1, 0.15) is 5.82 Å². The number of anilines is 2. The Hall–Kier alpha value is -2.03. The van der Waals surface area contributed by atoms with E-state index in [1.54, 1.807) is 12.1 Å². The fourth-order valence-electron chi connectivity index (χ4n) is 2.77. The maximum absolute atomic E-state index is 13.5. The highest BCUT2D eigenvalue weighted by atomic mass is 19.1. The molecule has 0 aliphatic carbocycles. The molecule has 0 saturated heterocycles. The molecule has 0 fully saturated rings. The topological polar surface area (TPSA) is 15.3 Å². The summed E-state index contributed by atoms with van der Waals surface area (Å²) in [4.78, 5) is 2.38. The third-order valence-corrected chi connectivity index (χ3v) is 3.78. The summed E-state index contributed by atoms with van der Waals surface area (Å²) in [6.07, 6.45) is 2.35. The van der Waals surface area contributed by atoms with E-state index < -0.39 is 0 Å². The minimum Gasteiger partial charge on any atom is -0.381 e. The van der Waals surface area contributed by atoms with Crippen LogP contribution < -0.4 is 10.2 Å². The standard InChI is InChI=1S/C17H19FN2/c18-15-8-2-3-9-16(15)19-11-13-20-12-5-7-14-6-1-4-10-17(14)20/h1-4,6,8-10,19H,5,7,11-13H2. The zero-order chi connectivity index (χ0) is 13.8. The first-order valence-corrected chi connectivity index (χ1v) is 7.16. The van der Waals surface area contributed by atoms with Crippen molar-refractivity contribution in [2.75, 3.05) is 29.9 Å². The van der Waals surface area contributed by atoms with Crippen molar-refractivity contribution in [2.45, 2.75) is 12.8 Å². The van der Waals surface area contributed by atoms with Crippen LogP contribution in [0.5, 0.6) is 0 Å². The van der Waals surface area contributed by atoms with Crippen molar-refractivity contribution >= 4 is 11.4 Å². The van der Waals surface area contributed by atoms with Crippen molar-refractivity contribution in [3.05, 3.63) is 59.9 Å².